The van der Waals surface area contributed by atoms with E-state index in [2.05, 4.69) is 48.3 Å². The van der Waals surface area contributed by atoms with Crippen molar-refractivity contribution in [1.82, 2.24) is 15.2 Å². The van der Waals surface area contributed by atoms with E-state index in [1.807, 2.05) is 7.05 Å². The summed E-state index contributed by atoms with van der Waals surface area (Å²) in [5, 5.41) is 3.19. The van der Waals surface area contributed by atoms with Gasteiger partial charge in [-0.1, -0.05) is 6.07 Å². The second-order valence-electron chi connectivity index (χ2n) is 6.07. The van der Waals surface area contributed by atoms with Gasteiger partial charge in [0.25, 0.3) is 0 Å². The van der Waals surface area contributed by atoms with Crippen LogP contribution < -0.4 is 10.2 Å². The summed E-state index contributed by atoms with van der Waals surface area (Å²) in [5.41, 5.74) is 2.41. The molecule has 4 nitrogen and oxygen atoms in total. The molecule has 0 saturated carbocycles. The van der Waals surface area contributed by atoms with E-state index < -0.39 is 0 Å². The van der Waals surface area contributed by atoms with Crippen LogP contribution in [0, 0.1) is 12.8 Å². The predicted octanol–water partition coefficient (Wildman–Crippen LogP) is 1.89. The van der Waals surface area contributed by atoms with Crippen molar-refractivity contribution in [2.75, 3.05) is 45.7 Å². The van der Waals surface area contributed by atoms with Crippen LogP contribution in [-0.2, 0) is 6.54 Å². The lowest BCUT2D eigenvalue weighted by Crippen LogP contribution is -2.36. The first-order valence-electron chi connectivity index (χ1n) is 7.61. The van der Waals surface area contributed by atoms with E-state index in [0.717, 1.165) is 30.5 Å². The van der Waals surface area contributed by atoms with E-state index >= 15 is 0 Å². The quantitative estimate of drug-likeness (QED) is 0.890. The zero-order valence-corrected chi connectivity index (χ0v) is 13.3. The SMILES string of the molecule is CNCc1ccc(N(C)CC2CCN(C)CC2)nc1C. The molecule has 1 aliphatic rings. The van der Waals surface area contributed by atoms with Crippen LogP contribution in [0.15, 0.2) is 12.1 Å². The third kappa shape index (κ3) is 3.93. The fraction of sp³-hybridized carbons (Fsp3) is 0.688. The van der Waals surface area contributed by atoms with E-state index in [0.29, 0.717) is 0 Å². The van der Waals surface area contributed by atoms with Crippen molar-refractivity contribution >= 4 is 5.82 Å². The Hall–Kier alpha value is -1.13. The van der Waals surface area contributed by atoms with Crippen molar-refractivity contribution in [2.45, 2.75) is 26.3 Å². The molecule has 0 spiro atoms. The zero-order chi connectivity index (χ0) is 14.5. The molecule has 4 heteroatoms. The van der Waals surface area contributed by atoms with Gasteiger partial charge in [0, 0.05) is 25.8 Å². The van der Waals surface area contributed by atoms with E-state index in [-0.39, 0.29) is 0 Å². The number of aryl methyl sites for hydroxylation is 1. The molecule has 0 atom stereocenters. The minimum Gasteiger partial charge on any atom is -0.359 e. The van der Waals surface area contributed by atoms with Crippen LogP contribution in [0.1, 0.15) is 24.1 Å². The number of anilines is 1. The first kappa shape index (κ1) is 15.3. The fourth-order valence-electron chi connectivity index (χ4n) is 2.89. The van der Waals surface area contributed by atoms with Gasteiger partial charge in [0.2, 0.25) is 0 Å². The van der Waals surface area contributed by atoms with E-state index in [1.54, 1.807) is 0 Å². The number of rotatable bonds is 5. The molecule has 0 unspecified atom stereocenters. The highest BCUT2D eigenvalue weighted by atomic mass is 15.2. The summed E-state index contributed by atoms with van der Waals surface area (Å²) in [7, 11) is 6.35. The van der Waals surface area contributed by atoms with Crippen LogP contribution in [0.5, 0.6) is 0 Å². The molecule has 0 amide bonds. The minimum atomic E-state index is 0.801. The average molecular weight is 276 g/mol. The summed E-state index contributed by atoms with van der Waals surface area (Å²) in [5.74, 6) is 1.90. The molecule has 1 aromatic heterocycles. The van der Waals surface area contributed by atoms with Gasteiger partial charge in [0.1, 0.15) is 5.82 Å². The first-order valence-corrected chi connectivity index (χ1v) is 7.61. The Morgan fingerprint density at radius 1 is 1.35 bits per heavy atom. The molecule has 1 saturated heterocycles. The molecule has 0 bridgehead atoms. The van der Waals surface area contributed by atoms with Crippen LogP contribution in [0.2, 0.25) is 0 Å². The normalized spacial score (nSPS) is 17.4. The molecule has 2 rings (SSSR count). The van der Waals surface area contributed by atoms with Gasteiger partial charge in [-0.2, -0.15) is 0 Å². The number of likely N-dealkylation sites (tertiary alicyclic amines) is 1. The Kier molecular flexibility index (Phi) is 5.38. The van der Waals surface area contributed by atoms with Crippen LogP contribution >= 0.6 is 0 Å². The number of nitrogens with zero attached hydrogens (tertiary/aromatic N) is 3. The lowest BCUT2D eigenvalue weighted by Gasteiger charge is -2.32. The summed E-state index contributed by atoms with van der Waals surface area (Å²) >= 11 is 0. The number of hydrogen-bond acceptors (Lipinski definition) is 4. The Morgan fingerprint density at radius 3 is 2.65 bits per heavy atom. The highest BCUT2D eigenvalue weighted by Crippen LogP contribution is 2.20. The average Bonchev–Trinajstić information content (AvgIpc) is 2.44. The molecule has 1 aliphatic heterocycles. The predicted molar refractivity (Wildman–Crippen MR) is 85.2 cm³/mol. The van der Waals surface area contributed by atoms with Crippen molar-refractivity contribution in [1.29, 1.82) is 0 Å². The standard InChI is InChI=1S/C16H28N4/c1-13-15(11-17-2)5-6-16(18-13)20(4)12-14-7-9-19(3)10-8-14/h5-6,14,17H,7-12H2,1-4H3. The second-order valence-corrected chi connectivity index (χ2v) is 6.07. The van der Waals surface area contributed by atoms with E-state index in [1.165, 1.54) is 31.5 Å². The molecule has 2 heterocycles. The number of piperidine rings is 1. The largest absolute Gasteiger partial charge is 0.359 e. The first-order chi connectivity index (χ1) is 9.60. The number of aromatic nitrogens is 1. The van der Waals surface area contributed by atoms with E-state index in [4.69, 9.17) is 4.98 Å². The maximum atomic E-state index is 4.75. The zero-order valence-electron chi connectivity index (χ0n) is 13.3. The van der Waals surface area contributed by atoms with Crippen LogP contribution in [-0.4, -0.2) is 50.7 Å². The smallest absolute Gasteiger partial charge is 0.128 e. The maximum absolute atomic E-state index is 4.75. The summed E-state index contributed by atoms with van der Waals surface area (Å²) in [6, 6.07) is 4.34. The van der Waals surface area contributed by atoms with Crippen LogP contribution in [0.25, 0.3) is 0 Å². The van der Waals surface area contributed by atoms with Gasteiger partial charge < -0.3 is 15.1 Å². The molecule has 112 valence electrons. The Bertz CT molecular complexity index is 424. The third-order valence-electron chi connectivity index (χ3n) is 4.31. The monoisotopic (exact) mass is 276 g/mol. The fourth-order valence-corrected chi connectivity index (χ4v) is 2.89. The van der Waals surface area contributed by atoms with Gasteiger partial charge in [-0.15, -0.1) is 0 Å². The molecule has 1 aromatic rings. The van der Waals surface area contributed by atoms with Gasteiger partial charge in [0.05, 0.1) is 0 Å². The summed E-state index contributed by atoms with van der Waals surface area (Å²) in [6.45, 7) is 6.56. The molecule has 1 fully saturated rings. The lowest BCUT2D eigenvalue weighted by atomic mass is 9.97. The third-order valence-corrected chi connectivity index (χ3v) is 4.31. The summed E-state index contributed by atoms with van der Waals surface area (Å²) in [4.78, 5) is 9.48. The molecule has 20 heavy (non-hydrogen) atoms. The lowest BCUT2D eigenvalue weighted by molar-refractivity contribution is 0.222. The molecule has 0 radical (unpaired) electrons. The second kappa shape index (κ2) is 7.04. The summed E-state index contributed by atoms with van der Waals surface area (Å²) in [6.07, 6.45) is 2.61. The van der Waals surface area contributed by atoms with Crippen molar-refractivity contribution in [3.8, 4) is 0 Å². The molecule has 0 aromatic carbocycles. The maximum Gasteiger partial charge on any atom is 0.128 e. The van der Waals surface area contributed by atoms with Crippen LogP contribution in [0.3, 0.4) is 0 Å². The van der Waals surface area contributed by atoms with Crippen molar-refractivity contribution < 1.29 is 0 Å². The minimum absolute atomic E-state index is 0.801. The highest BCUT2D eigenvalue weighted by Gasteiger charge is 2.18. The molecule has 1 N–H and O–H groups in total. The van der Waals surface area contributed by atoms with E-state index in [9.17, 15) is 0 Å². The van der Waals surface area contributed by atoms with Gasteiger partial charge >= 0.3 is 0 Å². The molecular formula is C16H28N4. The van der Waals surface area contributed by atoms with Crippen molar-refractivity contribution in [3.63, 3.8) is 0 Å². The van der Waals surface area contributed by atoms with Gasteiger partial charge in [-0.3, -0.25) is 0 Å². The van der Waals surface area contributed by atoms with Crippen LogP contribution in [0.4, 0.5) is 5.82 Å². The van der Waals surface area contributed by atoms with Gasteiger partial charge in [-0.25, -0.2) is 4.98 Å². The topological polar surface area (TPSA) is 31.4 Å². The Morgan fingerprint density at radius 2 is 2.05 bits per heavy atom. The van der Waals surface area contributed by atoms with Gasteiger partial charge in [-0.05, 0) is 64.5 Å². The van der Waals surface area contributed by atoms with Crippen molar-refractivity contribution in [2.24, 2.45) is 5.92 Å². The number of nitrogens with one attached hydrogen (secondary N) is 1. The number of pyridine rings is 1. The number of hydrogen-bond donors (Lipinski definition) is 1. The molecule has 0 aliphatic carbocycles. The summed E-state index contributed by atoms with van der Waals surface area (Å²) < 4.78 is 0. The Balaban J connectivity index is 1.95. The van der Waals surface area contributed by atoms with Crippen molar-refractivity contribution in [3.05, 3.63) is 23.4 Å². The Labute approximate surface area is 123 Å². The highest BCUT2D eigenvalue weighted by molar-refractivity contribution is 5.40. The molecular weight excluding hydrogens is 248 g/mol. The van der Waals surface area contributed by atoms with Gasteiger partial charge in [0.15, 0.2) is 0 Å².